The minimum absolute atomic E-state index is 0.303. The molecular weight excluding hydrogens is 256 g/mol. The topological polar surface area (TPSA) is 26.0 Å². The number of hydrogen-bond acceptors (Lipinski definition) is 1. The molecule has 0 heterocycles. The van der Waals surface area contributed by atoms with Gasteiger partial charge in [0.1, 0.15) is 11.6 Å². The Hall–Kier alpha value is -0.960. The van der Waals surface area contributed by atoms with Gasteiger partial charge in [0.05, 0.1) is 0 Å². The standard InChI is InChI=1S/C17H25F2N/c1-2-3-4-12-5-7-13(8-6-12)17(20)15-10-9-14(18)11-16(15)19/h9-13,17H,2-8,20H2,1H3. The van der Waals surface area contributed by atoms with Crippen molar-refractivity contribution in [1.29, 1.82) is 0 Å². The van der Waals surface area contributed by atoms with Crippen molar-refractivity contribution in [2.45, 2.75) is 57.9 Å². The fourth-order valence-electron chi connectivity index (χ4n) is 3.35. The fraction of sp³-hybridized carbons (Fsp3) is 0.647. The highest BCUT2D eigenvalue weighted by atomic mass is 19.1. The van der Waals surface area contributed by atoms with Crippen molar-refractivity contribution < 1.29 is 8.78 Å². The van der Waals surface area contributed by atoms with Crippen LogP contribution < -0.4 is 5.73 Å². The van der Waals surface area contributed by atoms with Crippen molar-refractivity contribution in [3.8, 4) is 0 Å². The molecule has 1 aromatic rings. The van der Waals surface area contributed by atoms with E-state index >= 15 is 0 Å². The van der Waals surface area contributed by atoms with Crippen molar-refractivity contribution >= 4 is 0 Å². The van der Waals surface area contributed by atoms with Gasteiger partial charge in [0.25, 0.3) is 0 Å². The summed E-state index contributed by atoms with van der Waals surface area (Å²) in [5.74, 6) is 0.0941. The second-order valence-electron chi connectivity index (χ2n) is 6.11. The molecule has 1 aliphatic carbocycles. The van der Waals surface area contributed by atoms with Gasteiger partial charge in [-0.15, -0.1) is 0 Å². The molecule has 0 bridgehead atoms. The monoisotopic (exact) mass is 281 g/mol. The molecule has 1 fully saturated rings. The normalized spacial score (nSPS) is 24.6. The van der Waals surface area contributed by atoms with Gasteiger partial charge in [0.2, 0.25) is 0 Å². The van der Waals surface area contributed by atoms with E-state index in [4.69, 9.17) is 5.73 Å². The largest absolute Gasteiger partial charge is 0.324 e. The van der Waals surface area contributed by atoms with E-state index in [9.17, 15) is 8.78 Å². The molecule has 0 radical (unpaired) electrons. The molecule has 1 nitrogen and oxygen atoms in total. The quantitative estimate of drug-likeness (QED) is 0.811. The van der Waals surface area contributed by atoms with Gasteiger partial charge in [-0.3, -0.25) is 0 Å². The highest BCUT2D eigenvalue weighted by Gasteiger charge is 2.27. The van der Waals surface area contributed by atoms with E-state index in [0.29, 0.717) is 11.5 Å². The molecule has 0 spiro atoms. The lowest BCUT2D eigenvalue weighted by Gasteiger charge is -2.32. The van der Waals surface area contributed by atoms with Crippen LogP contribution in [0.15, 0.2) is 18.2 Å². The van der Waals surface area contributed by atoms with Crippen LogP contribution in [0.1, 0.15) is 63.5 Å². The molecule has 2 rings (SSSR count). The maximum Gasteiger partial charge on any atom is 0.130 e. The van der Waals surface area contributed by atoms with Crippen LogP contribution in [0.4, 0.5) is 8.78 Å². The molecule has 1 aliphatic rings. The van der Waals surface area contributed by atoms with Gasteiger partial charge >= 0.3 is 0 Å². The third-order valence-corrected chi connectivity index (χ3v) is 4.69. The van der Waals surface area contributed by atoms with Crippen molar-refractivity contribution in [2.75, 3.05) is 0 Å². The van der Waals surface area contributed by atoms with Crippen molar-refractivity contribution in [3.63, 3.8) is 0 Å². The Labute approximate surface area is 120 Å². The lowest BCUT2D eigenvalue weighted by Crippen LogP contribution is -2.27. The zero-order valence-corrected chi connectivity index (χ0v) is 12.2. The lowest BCUT2D eigenvalue weighted by molar-refractivity contribution is 0.230. The first-order chi connectivity index (χ1) is 9.61. The molecule has 0 saturated heterocycles. The van der Waals surface area contributed by atoms with Gasteiger partial charge in [0.15, 0.2) is 0 Å². The third-order valence-electron chi connectivity index (χ3n) is 4.69. The Morgan fingerprint density at radius 3 is 2.50 bits per heavy atom. The summed E-state index contributed by atoms with van der Waals surface area (Å²) in [4.78, 5) is 0. The molecule has 3 heteroatoms. The first kappa shape index (κ1) is 15.4. The average molecular weight is 281 g/mol. The minimum Gasteiger partial charge on any atom is -0.324 e. The predicted octanol–water partition coefficient (Wildman–Crippen LogP) is 4.96. The number of benzene rings is 1. The van der Waals surface area contributed by atoms with Crippen LogP contribution in [-0.2, 0) is 0 Å². The molecule has 2 N–H and O–H groups in total. The molecule has 0 aliphatic heterocycles. The van der Waals surface area contributed by atoms with Gasteiger partial charge in [-0.25, -0.2) is 8.78 Å². The Morgan fingerprint density at radius 2 is 1.90 bits per heavy atom. The van der Waals surface area contributed by atoms with Crippen LogP contribution in [0.2, 0.25) is 0 Å². The van der Waals surface area contributed by atoms with Crippen LogP contribution in [-0.4, -0.2) is 0 Å². The van der Waals surface area contributed by atoms with E-state index in [1.165, 1.54) is 44.2 Å². The second kappa shape index (κ2) is 7.16. The van der Waals surface area contributed by atoms with Crippen LogP contribution in [0, 0.1) is 23.5 Å². The Bertz CT molecular complexity index is 425. The van der Waals surface area contributed by atoms with Crippen LogP contribution >= 0.6 is 0 Å². The first-order valence-electron chi connectivity index (χ1n) is 7.82. The maximum atomic E-state index is 13.8. The number of halogens is 2. The Morgan fingerprint density at radius 1 is 1.20 bits per heavy atom. The van der Waals surface area contributed by atoms with Gasteiger partial charge in [-0.05, 0) is 30.7 Å². The second-order valence-corrected chi connectivity index (χ2v) is 6.11. The molecule has 0 amide bonds. The summed E-state index contributed by atoms with van der Waals surface area (Å²) in [6.45, 7) is 2.22. The zero-order chi connectivity index (χ0) is 14.5. The lowest BCUT2D eigenvalue weighted by atomic mass is 9.75. The zero-order valence-electron chi connectivity index (χ0n) is 12.2. The molecule has 0 aromatic heterocycles. The minimum atomic E-state index is -0.540. The molecule has 1 atom stereocenters. The van der Waals surface area contributed by atoms with Crippen LogP contribution in [0.25, 0.3) is 0 Å². The van der Waals surface area contributed by atoms with Crippen LogP contribution in [0.5, 0.6) is 0 Å². The first-order valence-corrected chi connectivity index (χ1v) is 7.82. The summed E-state index contributed by atoms with van der Waals surface area (Å²) in [6.07, 6.45) is 8.37. The molecule has 1 unspecified atom stereocenters. The van der Waals surface area contributed by atoms with Gasteiger partial charge < -0.3 is 5.73 Å². The number of hydrogen-bond donors (Lipinski definition) is 1. The maximum absolute atomic E-state index is 13.8. The molecule has 1 saturated carbocycles. The third kappa shape index (κ3) is 3.78. The van der Waals surface area contributed by atoms with Crippen LogP contribution in [0.3, 0.4) is 0 Å². The summed E-state index contributed by atoms with van der Waals surface area (Å²) in [5.41, 5.74) is 6.67. The van der Waals surface area contributed by atoms with E-state index in [0.717, 1.165) is 24.8 Å². The summed E-state index contributed by atoms with van der Waals surface area (Å²) in [7, 11) is 0. The molecule has 20 heavy (non-hydrogen) atoms. The number of unbranched alkanes of at least 4 members (excludes halogenated alkanes) is 1. The van der Waals surface area contributed by atoms with E-state index in [1.54, 1.807) is 0 Å². The summed E-state index contributed by atoms with van der Waals surface area (Å²) in [6, 6.07) is 3.42. The van der Waals surface area contributed by atoms with E-state index in [-0.39, 0.29) is 6.04 Å². The van der Waals surface area contributed by atoms with Gasteiger partial charge in [0, 0.05) is 17.7 Å². The molecule has 1 aromatic carbocycles. The summed E-state index contributed by atoms with van der Waals surface area (Å²) in [5, 5.41) is 0. The molecule has 112 valence electrons. The average Bonchev–Trinajstić information content (AvgIpc) is 2.45. The summed E-state index contributed by atoms with van der Waals surface area (Å²) < 4.78 is 26.7. The van der Waals surface area contributed by atoms with Crippen molar-refractivity contribution in [2.24, 2.45) is 17.6 Å². The smallest absolute Gasteiger partial charge is 0.130 e. The highest BCUT2D eigenvalue weighted by molar-refractivity contribution is 5.22. The van der Waals surface area contributed by atoms with Gasteiger partial charge in [-0.2, -0.15) is 0 Å². The van der Waals surface area contributed by atoms with Crippen molar-refractivity contribution in [3.05, 3.63) is 35.4 Å². The van der Waals surface area contributed by atoms with Gasteiger partial charge in [-0.1, -0.05) is 45.1 Å². The molecular formula is C17H25F2N. The van der Waals surface area contributed by atoms with Crippen molar-refractivity contribution in [1.82, 2.24) is 0 Å². The number of nitrogens with two attached hydrogens (primary N) is 1. The fourth-order valence-corrected chi connectivity index (χ4v) is 3.35. The highest BCUT2D eigenvalue weighted by Crippen LogP contribution is 2.38. The SMILES string of the molecule is CCCCC1CCC(C(N)c2ccc(F)cc2F)CC1. The van der Waals surface area contributed by atoms with E-state index in [2.05, 4.69) is 6.92 Å². The van der Waals surface area contributed by atoms with E-state index in [1.807, 2.05) is 0 Å². The number of rotatable bonds is 5. The summed E-state index contributed by atoms with van der Waals surface area (Å²) >= 11 is 0. The Balaban J connectivity index is 1.92. The predicted molar refractivity (Wildman–Crippen MR) is 78.3 cm³/mol. The Kier molecular flexibility index (Phi) is 5.53. The van der Waals surface area contributed by atoms with E-state index < -0.39 is 11.6 Å².